The van der Waals surface area contributed by atoms with Gasteiger partial charge in [0.25, 0.3) is 0 Å². The molecular formula is C16H21N3. The van der Waals surface area contributed by atoms with Gasteiger partial charge in [-0.2, -0.15) is 0 Å². The van der Waals surface area contributed by atoms with Crippen LogP contribution in [0.25, 0.3) is 11.3 Å². The maximum Gasteiger partial charge on any atom is 0.132 e. The maximum absolute atomic E-state index is 6.23. The lowest BCUT2D eigenvalue weighted by Crippen LogP contribution is -2.03. The Balaban J connectivity index is 2.63. The Bertz CT molecular complexity index is 636. The van der Waals surface area contributed by atoms with E-state index in [2.05, 4.69) is 44.5 Å². The number of imidazole rings is 1. The molecule has 0 aliphatic heterocycles. The van der Waals surface area contributed by atoms with Crippen LogP contribution < -0.4 is 5.73 Å². The number of aryl methyl sites for hydroxylation is 4. The highest BCUT2D eigenvalue weighted by Gasteiger charge is 2.15. The van der Waals surface area contributed by atoms with Gasteiger partial charge in [-0.3, -0.25) is 0 Å². The van der Waals surface area contributed by atoms with Gasteiger partial charge in [0, 0.05) is 12.1 Å². The Morgan fingerprint density at radius 1 is 1.16 bits per heavy atom. The molecule has 0 amide bonds. The fraction of sp³-hybridized carbons (Fsp3) is 0.312. The third kappa shape index (κ3) is 2.28. The molecule has 0 saturated heterocycles. The molecule has 0 aliphatic carbocycles. The Morgan fingerprint density at radius 2 is 1.79 bits per heavy atom. The molecule has 0 unspecified atom stereocenters. The van der Waals surface area contributed by atoms with E-state index in [0.29, 0.717) is 12.4 Å². The Morgan fingerprint density at radius 3 is 2.42 bits per heavy atom. The van der Waals surface area contributed by atoms with Crippen LogP contribution >= 0.6 is 0 Å². The summed E-state index contributed by atoms with van der Waals surface area (Å²) < 4.78 is 1.98. The van der Waals surface area contributed by atoms with Gasteiger partial charge in [-0.25, -0.2) is 4.98 Å². The minimum Gasteiger partial charge on any atom is -0.383 e. The first kappa shape index (κ1) is 13.4. The second kappa shape index (κ2) is 4.92. The molecule has 19 heavy (non-hydrogen) atoms. The van der Waals surface area contributed by atoms with Crippen LogP contribution in [-0.2, 0) is 6.54 Å². The lowest BCUT2D eigenvalue weighted by molar-refractivity contribution is 0.792. The highest BCUT2D eigenvalue weighted by Crippen LogP contribution is 2.30. The van der Waals surface area contributed by atoms with E-state index in [1.54, 1.807) is 0 Å². The standard InChI is InChI=1S/C16H21N3/c1-6-7-19-13(5)18-15(16(19)17)14-9-11(3)10(2)8-12(14)4/h6,8-9H,1,7,17H2,2-5H3. The quantitative estimate of drug-likeness (QED) is 0.852. The zero-order valence-corrected chi connectivity index (χ0v) is 12.1. The molecule has 1 aromatic carbocycles. The molecule has 1 heterocycles. The molecule has 0 spiro atoms. The van der Waals surface area contributed by atoms with Gasteiger partial charge in [-0.05, 0) is 50.5 Å². The molecule has 3 heteroatoms. The number of nitrogens with zero attached hydrogens (tertiary/aromatic N) is 2. The number of rotatable bonds is 3. The number of aromatic nitrogens is 2. The molecule has 3 nitrogen and oxygen atoms in total. The molecule has 0 saturated carbocycles. The number of nitrogens with two attached hydrogens (primary N) is 1. The molecule has 0 fully saturated rings. The van der Waals surface area contributed by atoms with Crippen molar-refractivity contribution in [2.24, 2.45) is 0 Å². The predicted octanol–water partition coefficient (Wildman–Crippen LogP) is 3.55. The van der Waals surface area contributed by atoms with Gasteiger partial charge in [-0.15, -0.1) is 6.58 Å². The van der Waals surface area contributed by atoms with E-state index >= 15 is 0 Å². The van der Waals surface area contributed by atoms with Crippen LogP contribution in [0, 0.1) is 27.7 Å². The molecule has 1 aromatic heterocycles. The van der Waals surface area contributed by atoms with Crippen LogP contribution in [0.3, 0.4) is 0 Å². The van der Waals surface area contributed by atoms with Crippen LogP contribution in [0.15, 0.2) is 24.8 Å². The number of nitrogen functional groups attached to an aromatic ring is 1. The molecule has 0 bridgehead atoms. The number of anilines is 1. The van der Waals surface area contributed by atoms with Gasteiger partial charge >= 0.3 is 0 Å². The summed E-state index contributed by atoms with van der Waals surface area (Å²) in [5, 5.41) is 0. The summed E-state index contributed by atoms with van der Waals surface area (Å²) in [4.78, 5) is 4.62. The third-order valence-corrected chi connectivity index (χ3v) is 3.61. The van der Waals surface area contributed by atoms with E-state index in [9.17, 15) is 0 Å². The SMILES string of the molecule is C=CCn1c(C)nc(-c2cc(C)c(C)cc2C)c1N. The molecule has 100 valence electrons. The lowest BCUT2D eigenvalue weighted by atomic mass is 9.99. The number of hydrogen-bond donors (Lipinski definition) is 1. The second-order valence-corrected chi connectivity index (χ2v) is 5.04. The third-order valence-electron chi connectivity index (χ3n) is 3.61. The summed E-state index contributed by atoms with van der Waals surface area (Å²) in [6, 6.07) is 4.35. The fourth-order valence-corrected chi connectivity index (χ4v) is 2.35. The number of benzene rings is 1. The van der Waals surface area contributed by atoms with Crippen molar-refractivity contribution in [1.82, 2.24) is 9.55 Å². The first-order chi connectivity index (χ1) is 8.95. The van der Waals surface area contributed by atoms with E-state index in [1.807, 2.05) is 17.6 Å². The first-order valence-electron chi connectivity index (χ1n) is 6.47. The summed E-state index contributed by atoms with van der Waals surface area (Å²) in [5.74, 6) is 1.63. The van der Waals surface area contributed by atoms with E-state index in [0.717, 1.165) is 17.1 Å². The topological polar surface area (TPSA) is 43.8 Å². The lowest BCUT2D eigenvalue weighted by Gasteiger charge is -2.09. The fourth-order valence-electron chi connectivity index (χ4n) is 2.35. The average molecular weight is 255 g/mol. The maximum atomic E-state index is 6.23. The Hall–Kier alpha value is -2.03. The van der Waals surface area contributed by atoms with Crippen molar-refractivity contribution in [2.45, 2.75) is 34.2 Å². The molecule has 0 atom stereocenters. The smallest absolute Gasteiger partial charge is 0.132 e. The van der Waals surface area contributed by atoms with Gasteiger partial charge in [0.1, 0.15) is 17.3 Å². The van der Waals surface area contributed by atoms with Gasteiger partial charge < -0.3 is 10.3 Å². The monoisotopic (exact) mass is 255 g/mol. The average Bonchev–Trinajstić information content (AvgIpc) is 2.62. The Kier molecular flexibility index (Phi) is 3.47. The summed E-state index contributed by atoms with van der Waals surface area (Å²) in [6.07, 6.45) is 1.84. The van der Waals surface area contributed by atoms with Crippen molar-refractivity contribution in [1.29, 1.82) is 0 Å². The highest BCUT2D eigenvalue weighted by molar-refractivity contribution is 5.74. The van der Waals surface area contributed by atoms with Crippen LogP contribution in [0.4, 0.5) is 5.82 Å². The first-order valence-corrected chi connectivity index (χ1v) is 6.47. The minimum absolute atomic E-state index is 0.689. The van der Waals surface area contributed by atoms with Crippen LogP contribution in [-0.4, -0.2) is 9.55 Å². The van der Waals surface area contributed by atoms with Crippen LogP contribution in [0.1, 0.15) is 22.5 Å². The van der Waals surface area contributed by atoms with Crippen molar-refractivity contribution in [3.63, 3.8) is 0 Å². The van der Waals surface area contributed by atoms with Crippen molar-refractivity contribution < 1.29 is 0 Å². The Labute approximate surface area is 114 Å². The molecule has 2 aromatic rings. The van der Waals surface area contributed by atoms with Gasteiger partial charge in [0.15, 0.2) is 0 Å². The zero-order valence-electron chi connectivity index (χ0n) is 12.1. The summed E-state index contributed by atoms with van der Waals surface area (Å²) >= 11 is 0. The molecule has 2 rings (SSSR count). The van der Waals surface area contributed by atoms with Gasteiger partial charge in [-0.1, -0.05) is 12.1 Å². The summed E-state index contributed by atoms with van der Waals surface area (Å²) in [7, 11) is 0. The van der Waals surface area contributed by atoms with E-state index in [4.69, 9.17) is 5.73 Å². The minimum atomic E-state index is 0.689. The molecule has 0 aliphatic rings. The van der Waals surface area contributed by atoms with Crippen molar-refractivity contribution >= 4 is 5.82 Å². The van der Waals surface area contributed by atoms with Crippen LogP contribution in [0.5, 0.6) is 0 Å². The van der Waals surface area contributed by atoms with Crippen molar-refractivity contribution in [3.8, 4) is 11.3 Å². The molecule has 2 N–H and O–H groups in total. The van der Waals surface area contributed by atoms with E-state index in [-0.39, 0.29) is 0 Å². The summed E-state index contributed by atoms with van der Waals surface area (Å²) in [5.41, 5.74) is 12.0. The number of hydrogen-bond acceptors (Lipinski definition) is 2. The second-order valence-electron chi connectivity index (χ2n) is 5.04. The van der Waals surface area contributed by atoms with Crippen molar-refractivity contribution in [3.05, 3.63) is 47.3 Å². The predicted molar refractivity (Wildman–Crippen MR) is 81.2 cm³/mol. The summed E-state index contributed by atoms with van der Waals surface area (Å²) in [6.45, 7) is 12.8. The van der Waals surface area contributed by atoms with Gasteiger partial charge in [0.2, 0.25) is 0 Å². The van der Waals surface area contributed by atoms with E-state index in [1.165, 1.54) is 16.7 Å². The van der Waals surface area contributed by atoms with Crippen molar-refractivity contribution in [2.75, 3.05) is 5.73 Å². The molecule has 0 radical (unpaired) electrons. The molecular weight excluding hydrogens is 234 g/mol. The van der Waals surface area contributed by atoms with Crippen LogP contribution in [0.2, 0.25) is 0 Å². The highest BCUT2D eigenvalue weighted by atomic mass is 15.1. The number of allylic oxidation sites excluding steroid dienone is 1. The van der Waals surface area contributed by atoms with Gasteiger partial charge in [0.05, 0.1) is 0 Å². The zero-order chi connectivity index (χ0) is 14.2. The largest absolute Gasteiger partial charge is 0.383 e. The van der Waals surface area contributed by atoms with E-state index < -0.39 is 0 Å². The normalized spacial score (nSPS) is 10.7.